The molecule has 1 aliphatic carbocycles. The van der Waals surface area contributed by atoms with Gasteiger partial charge in [0.2, 0.25) is 0 Å². The Balaban J connectivity index is 2.18. The molecule has 1 aliphatic rings. The van der Waals surface area contributed by atoms with E-state index in [2.05, 4.69) is 11.1 Å². The van der Waals surface area contributed by atoms with Gasteiger partial charge < -0.3 is 4.42 Å². The first kappa shape index (κ1) is 7.57. The second-order valence-electron chi connectivity index (χ2n) is 3.62. The number of nitrogens with zero attached hydrogens (tertiary/aromatic N) is 2. The maximum Gasteiger partial charge on any atom is 0.198 e. The van der Waals surface area contributed by atoms with Gasteiger partial charge in [0.1, 0.15) is 5.52 Å². The van der Waals surface area contributed by atoms with Gasteiger partial charge >= 0.3 is 0 Å². The molecule has 1 saturated carbocycles. The lowest BCUT2D eigenvalue weighted by Crippen LogP contribution is -1.75. The molecule has 0 radical (unpaired) electrons. The van der Waals surface area contributed by atoms with Gasteiger partial charge in [0.05, 0.1) is 11.6 Å². The first-order valence-corrected chi connectivity index (χ1v) is 4.67. The second-order valence-corrected chi connectivity index (χ2v) is 3.62. The van der Waals surface area contributed by atoms with Gasteiger partial charge in [0.15, 0.2) is 11.5 Å². The Morgan fingerprint density at radius 1 is 1.43 bits per heavy atom. The summed E-state index contributed by atoms with van der Waals surface area (Å²) in [7, 11) is 0. The van der Waals surface area contributed by atoms with E-state index < -0.39 is 0 Å². The van der Waals surface area contributed by atoms with Crippen molar-refractivity contribution in [2.24, 2.45) is 0 Å². The Morgan fingerprint density at radius 3 is 3.00 bits per heavy atom. The molecule has 1 fully saturated rings. The number of nitriles is 1. The second kappa shape index (κ2) is 2.58. The molecule has 14 heavy (non-hydrogen) atoms. The van der Waals surface area contributed by atoms with Crippen molar-refractivity contribution in [3.8, 4) is 6.07 Å². The van der Waals surface area contributed by atoms with Crippen molar-refractivity contribution in [3.05, 3.63) is 29.7 Å². The molecule has 0 aliphatic heterocycles. The average Bonchev–Trinajstić information content (AvgIpc) is 2.97. The van der Waals surface area contributed by atoms with Gasteiger partial charge in [-0.3, -0.25) is 0 Å². The van der Waals surface area contributed by atoms with E-state index >= 15 is 0 Å². The van der Waals surface area contributed by atoms with Crippen LogP contribution in [0.3, 0.4) is 0 Å². The monoisotopic (exact) mass is 184 g/mol. The van der Waals surface area contributed by atoms with Gasteiger partial charge in [-0.15, -0.1) is 0 Å². The number of oxazole rings is 1. The molecule has 2 aromatic rings. The summed E-state index contributed by atoms with van der Waals surface area (Å²) in [5.74, 6) is 1.35. The molecule has 3 rings (SSSR count). The fraction of sp³-hybridized carbons (Fsp3) is 0.273. The van der Waals surface area contributed by atoms with E-state index in [-0.39, 0.29) is 0 Å². The summed E-state index contributed by atoms with van der Waals surface area (Å²) < 4.78 is 5.57. The lowest BCUT2D eigenvalue weighted by molar-refractivity contribution is 0.533. The van der Waals surface area contributed by atoms with Crippen LogP contribution in [0.4, 0.5) is 0 Å². The standard InChI is InChI=1S/C11H8N2O/c12-6-7-1-4-9-10(5-7)14-11(13-9)8-2-3-8/h1,4-5,8H,2-3H2. The predicted octanol–water partition coefficient (Wildman–Crippen LogP) is 2.58. The van der Waals surface area contributed by atoms with Gasteiger partial charge in [-0.25, -0.2) is 4.98 Å². The molecule has 1 heterocycles. The number of fused-ring (bicyclic) bond motifs is 1. The van der Waals surface area contributed by atoms with Crippen molar-refractivity contribution in [3.63, 3.8) is 0 Å². The van der Waals surface area contributed by atoms with Crippen LogP contribution in [0.25, 0.3) is 11.1 Å². The van der Waals surface area contributed by atoms with Crippen LogP contribution in [0.1, 0.15) is 30.2 Å². The molecule has 1 aromatic carbocycles. The molecular formula is C11H8N2O. The zero-order valence-electron chi connectivity index (χ0n) is 7.53. The number of hydrogen-bond donors (Lipinski definition) is 0. The molecule has 0 bridgehead atoms. The molecule has 0 unspecified atom stereocenters. The quantitative estimate of drug-likeness (QED) is 0.684. The molecule has 3 nitrogen and oxygen atoms in total. The fourth-order valence-corrected chi connectivity index (χ4v) is 1.52. The molecule has 0 spiro atoms. The largest absolute Gasteiger partial charge is 0.440 e. The summed E-state index contributed by atoms with van der Waals surface area (Å²) in [6.07, 6.45) is 2.36. The van der Waals surface area contributed by atoms with Gasteiger partial charge in [0, 0.05) is 12.0 Å². The minimum atomic E-state index is 0.521. The molecule has 0 atom stereocenters. The van der Waals surface area contributed by atoms with Crippen molar-refractivity contribution in [2.75, 3.05) is 0 Å². The van der Waals surface area contributed by atoms with Gasteiger partial charge in [-0.2, -0.15) is 5.26 Å². The normalized spacial score (nSPS) is 15.6. The van der Waals surface area contributed by atoms with Crippen LogP contribution in [0, 0.1) is 11.3 Å². The third kappa shape index (κ3) is 1.08. The molecule has 0 N–H and O–H groups in total. The van der Waals surface area contributed by atoms with Crippen molar-refractivity contribution >= 4 is 11.1 Å². The van der Waals surface area contributed by atoms with E-state index in [0.717, 1.165) is 17.0 Å². The van der Waals surface area contributed by atoms with E-state index in [1.165, 1.54) is 12.8 Å². The fourth-order valence-electron chi connectivity index (χ4n) is 1.52. The zero-order valence-corrected chi connectivity index (χ0v) is 7.53. The molecule has 68 valence electrons. The van der Waals surface area contributed by atoms with Crippen molar-refractivity contribution < 1.29 is 4.42 Å². The summed E-state index contributed by atoms with van der Waals surface area (Å²) in [6, 6.07) is 7.43. The van der Waals surface area contributed by atoms with Gasteiger partial charge in [0.25, 0.3) is 0 Å². The minimum absolute atomic E-state index is 0.521. The highest BCUT2D eigenvalue weighted by Crippen LogP contribution is 2.40. The maximum atomic E-state index is 8.71. The van der Waals surface area contributed by atoms with Gasteiger partial charge in [-0.05, 0) is 25.0 Å². The third-order valence-electron chi connectivity index (χ3n) is 2.46. The van der Waals surface area contributed by atoms with Crippen LogP contribution >= 0.6 is 0 Å². The Labute approximate surface area is 81.0 Å². The SMILES string of the molecule is N#Cc1ccc2nc(C3CC3)oc2c1. The number of benzene rings is 1. The topological polar surface area (TPSA) is 49.8 Å². The lowest BCUT2D eigenvalue weighted by atomic mass is 10.2. The van der Waals surface area contributed by atoms with Crippen molar-refractivity contribution in [1.29, 1.82) is 5.26 Å². The average molecular weight is 184 g/mol. The molecule has 3 heteroatoms. The van der Waals surface area contributed by atoms with Gasteiger partial charge in [-0.1, -0.05) is 0 Å². The van der Waals surface area contributed by atoms with E-state index in [4.69, 9.17) is 9.68 Å². The molecule has 1 aromatic heterocycles. The number of hydrogen-bond acceptors (Lipinski definition) is 3. The minimum Gasteiger partial charge on any atom is -0.440 e. The van der Waals surface area contributed by atoms with Crippen LogP contribution in [0.2, 0.25) is 0 Å². The number of aromatic nitrogens is 1. The first-order valence-electron chi connectivity index (χ1n) is 4.67. The van der Waals surface area contributed by atoms with E-state index in [0.29, 0.717) is 11.5 Å². The third-order valence-corrected chi connectivity index (χ3v) is 2.46. The molecule has 0 saturated heterocycles. The van der Waals surface area contributed by atoms with E-state index in [1.807, 2.05) is 6.07 Å². The lowest BCUT2D eigenvalue weighted by Gasteiger charge is -1.86. The predicted molar refractivity (Wildman–Crippen MR) is 50.7 cm³/mol. The van der Waals surface area contributed by atoms with Crippen LogP contribution < -0.4 is 0 Å². The molecular weight excluding hydrogens is 176 g/mol. The van der Waals surface area contributed by atoms with Crippen molar-refractivity contribution in [1.82, 2.24) is 4.98 Å². The Kier molecular flexibility index (Phi) is 1.40. The summed E-state index contributed by atoms with van der Waals surface area (Å²) in [6.45, 7) is 0. The summed E-state index contributed by atoms with van der Waals surface area (Å²) >= 11 is 0. The zero-order chi connectivity index (χ0) is 9.54. The highest BCUT2D eigenvalue weighted by atomic mass is 16.3. The van der Waals surface area contributed by atoms with E-state index in [9.17, 15) is 0 Å². The Morgan fingerprint density at radius 2 is 2.29 bits per heavy atom. The molecule has 0 amide bonds. The smallest absolute Gasteiger partial charge is 0.198 e. The van der Waals surface area contributed by atoms with Crippen LogP contribution in [-0.2, 0) is 0 Å². The summed E-state index contributed by atoms with van der Waals surface area (Å²) in [5, 5.41) is 8.71. The van der Waals surface area contributed by atoms with Crippen molar-refractivity contribution in [2.45, 2.75) is 18.8 Å². The first-order chi connectivity index (χ1) is 6.86. The summed E-state index contributed by atoms with van der Waals surface area (Å²) in [4.78, 5) is 4.37. The highest BCUT2D eigenvalue weighted by Gasteiger charge is 2.28. The van der Waals surface area contributed by atoms with Crippen LogP contribution in [-0.4, -0.2) is 4.98 Å². The number of rotatable bonds is 1. The summed E-state index contributed by atoms with van der Waals surface area (Å²) in [5.41, 5.74) is 2.20. The van der Waals surface area contributed by atoms with Crippen LogP contribution in [0.5, 0.6) is 0 Å². The van der Waals surface area contributed by atoms with E-state index in [1.54, 1.807) is 12.1 Å². The maximum absolute atomic E-state index is 8.71. The Bertz CT molecular complexity index is 532. The van der Waals surface area contributed by atoms with Crippen LogP contribution in [0.15, 0.2) is 22.6 Å². The highest BCUT2D eigenvalue weighted by molar-refractivity contribution is 5.74. The Hall–Kier alpha value is -1.82.